The first-order chi connectivity index (χ1) is 10.6. The van der Waals surface area contributed by atoms with Crippen LogP contribution in [0.15, 0.2) is 41.6 Å². The highest BCUT2D eigenvalue weighted by atomic mass is 35.5. The highest BCUT2D eigenvalue weighted by Crippen LogP contribution is 2.23. The number of nitrogens with zero attached hydrogens (tertiary/aromatic N) is 6. The van der Waals surface area contributed by atoms with Crippen molar-refractivity contribution in [3.8, 4) is 5.69 Å². The van der Waals surface area contributed by atoms with Gasteiger partial charge in [0.1, 0.15) is 11.8 Å². The third-order valence-corrected chi connectivity index (χ3v) is 3.75. The fourth-order valence-electron chi connectivity index (χ4n) is 2.21. The molecule has 0 aliphatic rings. The normalized spacial score (nSPS) is 11.4. The van der Waals surface area contributed by atoms with E-state index in [0.29, 0.717) is 27.0 Å². The molecule has 3 heterocycles. The van der Waals surface area contributed by atoms with Crippen LogP contribution in [0.5, 0.6) is 0 Å². The van der Waals surface area contributed by atoms with E-state index in [4.69, 9.17) is 23.2 Å². The molecule has 0 radical (unpaired) electrons. The van der Waals surface area contributed by atoms with E-state index in [-0.39, 0.29) is 11.1 Å². The second kappa shape index (κ2) is 4.75. The number of rotatable bonds is 1. The van der Waals surface area contributed by atoms with E-state index in [1.54, 1.807) is 30.5 Å². The Balaban J connectivity index is 2.06. The van der Waals surface area contributed by atoms with Crippen molar-refractivity contribution in [2.75, 3.05) is 0 Å². The largest absolute Gasteiger partial charge is 0.285 e. The SMILES string of the molecule is O=c1c2nnc3ncnn3c2ccn1-c1ccc(Cl)cc1Cl. The van der Waals surface area contributed by atoms with Crippen molar-refractivity contribution < 1.29 is 0 Å². The van der Waals surface area contributed by atoms with Gasteiger partial charge < -0.3 is 0 Å². The van der Waals surface area contributed by atoms with Crippen molar-refractivity contribution in [1.82, 2.24) is 29.4 Å². The lowest BCUT2D eigenvalue weighted by Crippen LogP contribution is -2.20. The van der Waals surface area contributed by atoms with Gasteiger partial charge in [-0.2, -0.15) is 14.6 Å². The van der Waals surface area contributed by atoms with Gasteiger partial charge in [-0.25, -0.2) is 0 Å². The summed E-state index contributed by atoms with van der Waals surface area (Å²) in [6, 6.07) is 6.60. The molecule has 0 aliphatic carbocycles. The lowest BCUT2D eigenvalue weighted by atomic mass is 10.3. The number of aromatic nitrogens is 6. The van der Waals surface area contributed by atoms with E-state index in [1.807, 2.05) is 0 Å². The fraction of sp³-hybridized carbons (Fsp3) is 0. The van der Waals surface area contributed by atoms with Crippen molar-refractivity contribution in [3.05, 3.63) is 57.2 Å². The fourth-order valence-corrected chi connectivity index (χ4v) is 2.71. The molecule has 0 unspecified atom stereocenters. The Morgan fingerprint density at radius 1 is 1.09 bits per heavy atom. The van der Waals surface area contributed by atoms with Gasteiger partial charge in [-0.05, 0) is 24.3 Å². The zero-order chi connectivity index (χ0) is 15.3. The summed E-state index contributed by atoms with van der Waals surface area (Å²) in [5, 5.41) is 12.7. The molecule has 0 amide bonds. The summed E-state index contributed by atoms with van der Waals surface area (Å²) in [4.78, 5) is 16.6. The molecule has 0 saturated carbocycles. The maximum atomic E-state index is 12.6. The minimum absolute atomic E-state index is 0.173. The predicted octanol–water partition coefficient (Wildman–Crippen LogP) is 2.13. The molecule has 0 saturated heterocycles. The van der Waals surface area contributed by atoms with E-state index in [2.05, 4.69) is 20.3 Å². The van der Waals surface area contributed by atoms with E-state index < -0.39 is 0 Å². The third kappa shape index (κ3) is 1.87. The smallest absolute Gasteiger partial charge is 0.281 e. The van der Waals surface area contributed by atoms with Gasteiger partial charge >= 0.3 is 0 Å². The standard InChI is InChI=1S/C13H6Cl2N6O/c14-7-1-2-9(8(15)5-7)20-4-3-10-11(12(20)22)18-19-13-16-6-17-21(10)13/h1-6H. The highest BCUT2D eigenvalue weighted by molar-refractivity contribution is 6.35. The van der Waals surface area contributed by atoms with Gasteiger partial charge in [-0.1, -0.05) is 23.2 Å². The van der Waals surface area contributed by atoms with Crippen LogP contribution in [-0.4, -0.2) is 29.4 Å². The van der Waals surface area contributed by atoms with Crippen molar-refractivity contribution in [3.63, 3.8) is 0 Å². The summed E-state index contributed by atoms with van der Waals surface area (Å²) in [6.45, 7) is 0. The molecule has 108 valence electrons. The summed E-state index contributed by atoms with van der Waals surface area (Å²) in [6.07, 6.45) is 2.95. The monoisotopic (exact) mass is 332 g/mol. The first-order valence-corrected chi connectivity index (χ1v) is 6.94. The van der Waals surface area contributed by atoms with Gasteiger partial charge in [0.15, 0.2) is 5.52 Å². The van der Waals surface area contributed by atoms with Crippen LogP contribution in [0.4, 0.5) is 0 Å². The molecular weight excluding hydrogens is 327 g/mol. The summed E-state index contributed by atoms with van der Waals surface area (Å²) in [5.74, 6) is 0.328. The van der Waals surface area contributed by atoms with Crippen LogP contribution >= 0.6 is 23.2 Å². The Morgan fingerprint density at radius 3 is 2.77 bits per heavy atom. The Bertz CT molecular complexity index is 1090. The van der Waals surface area contributed by atoms with Gasteiger partial charge in [0.2, 0.25) is 0 Å². The average Bonchev–Trinajstić information content (AvgIpc) is 2.97. The first kappa shape index (κ1) is 13.2. The molecule has 4 aromatic rings. The Labute approximate surface area is 132 Å². The number of benzene rings is 1. The first-order valence-electron chi connectivity index (χ1n) is 6.18. The van der Waals surface area contributed by atoms with Crippen molar-refractivity contribution in [2.45, 2.75) is 0 Å². The summed E-state index contributed by atoms with van der Waals surface area (Å²) in [7, 11) is 0. The van der Waals surface area contributed by atoms with Gasteiger partial charge in [0.05, 0.1) is 10.7 Å². The predicted molar refractivity (Wildman–Crippen MR) is 81.7 cm³/mol. The number of hydrogen-bond acceptors (Lipinski definition) is 5. The molecule has 0 aliphatic heterocycles. The molecule has 1 aromatic carbocycles. The molecule has 9 heteroatoms. The van der Waals surface area contributed by atoms with Crippen LogP contribution < -0.4 is 5.56 Å². The Morgan fingerprint density at radius 2 is 1.95 bits per heavy atom. The Kier molecular flexibility index (Phi) is 2.85. The zero-order valence-corrected chi connectivity index (χ0v) is 12.3. The van der Waals surface area contributed by atoms with Crippen LogP contribution in [-0.2, 0) is 0 Å². The maximum absolute atomic E-state index is 12.6. The molecular formula is C13H6Cl2N6O. The molecule has 0 N–H and O–H groups in total. The molecule has 0 spiro atoms. The van der Waals surface area contributed by atoms with Crippen LogP contribution in [0.3, 0.4) is 0 Å². The number of pyridine rings is 1. The van der Waals surface area contributed by atoms with Crippen LogP contribution in [0.2, 0.25) is 10.0 Å². The van der Waals surface area contributed by atoms with Crippen molar-refractivity contribution in [2.24, 2.45) is 0 Å². The molecule has 22 heavy (non-hydrogen) atoms. The van der Waals surface area contributed by atoms with E-state index in [0.717, 1.165) is 0 Å². The van der Waals surface area contributed by atoms with Gasteiger partial charge in [-0.15, -0.1) is 10.2 Å². The second-order valence-electron chi connectivity index (χ2n) is 4.49. The lowest BCUT2D eigenvalue weighted by molar-refractivity contribution is 0.914. The molecule has 3 aromatic heterocycles. The number of hydrogen-bond donors (Lipinski definition) is 0. The zero-order valence-electron chi connectivity index (χ0n) is 10.8. The second-order valence-corrected chi connectivity index (χ2v) is 5.34. The number of halogens is 2. The maximum Gasteiger partial charge on any atom is 0.285 e. The van der Waals surface area contributed by atoms with Crippen LogP contribution in [0, 0.1) is 0 Å². The average molecular weight is 333 g/mol. The van der Waals surface area contributed by atoms with Crippen molar-refractivity contribution >= 4 is 40.0 Å². The summed E-state index contributed by atoms with van der Waals surface area (Å²) < 4.78 is 2.84. The lowest BCUT2D eigenvalue weighted by Gasteiger charge is -2.09. The minimum atomic E-state index is -0.355. The van der Waals surface area contributed by atoms with Gasteiger partial charge in [0, 0.05) is 11.2 Å². The van der Waals surface area contributed by atoms with E-state index in [9.17, 15) is 4.79 Å². The Hall–Kier alpha value is -2.51. The quantitative estimate of drug-likeness (QED) is 0.533. The highest BCUT2D eigenvalue weighted by Gasteiger charge is 2.12. The van der Waals surface area contributed by atoms with Crippen LogP contribution in [0.25, 0.3) is 22.5 Å². The summed E-state index contributed by atoms with van der Waals surface area (Å²) in [5.41, 5.74) is 0.852. The van der Waals surface area contributed by atoms with Crippen LogP contribution in [0.1, 0.15) is 0 Å². The molecule has 4 rings (SSSR count). The van der Waals surface area contributed by atoms with Crippen molar-refractivity contribution in [1.29, 1.82) is 0 Å². The van der Waals surface area contributed by atoms with E-state index >= 15 is 0 Å². The molecule has 0 bridgehead atoms. The minimum Gasteiger partial charge on any atom is -0.281 e. The molecule has 0 fully saturated rings. The molecule has 7 nitrogen and oxygen atoms in total. The molecule has 0 atom stereocenters. The van der Waals surface area contributed by atoms with Gasteiger partial charge in [-0.3, -0.25) is 9.36 Å². The summed E-state index contributed by atoms with van der Waals surface area (Å²) >= 11 is 12.0. The third-order valence-electron chi connectivity index (χ3n) is 3.21. The number of fused-ring (bicyclic) bond motifs is 3. The van der Waals surface area contributed by atoms with Gasteiger partial charge in [0.25, 0.3) is 11.3 Å². The van der Waals surface area contributed by atoms with E-state index in [1.165, 1.54) is 15.4 Å². The topological polar surface area (TPSA) is 78.0 Å².